The van der Waals surface area contributed by atoms with Crippen molar-refractivity contribution in [3.8, 4) is 11.5 Å². The molecule has 0 saturated heterocycles. The normalized spacial score (nSPS) is 10.6. The maximum Gasteiger partial charge on any atom is 0.189 e. The summed E-state index contributed by atoms with van der Waals surface area (Å²) in [5.74, 6) is 0.375. The summed E-state index contributed by atoms with van der Waals surface area (Å²) >= 11 is 0. The van der Waals surface area contributed by atoms with Crippen LogP contribution in [0.4, 0.5) is 4.39 Å². The lowest BCUT2D eigenvalue weighted by atomic mass is 10.1. The number of hydrogen-bond donors (Lipinski definition) is 0. The second-order valence-electron chi connectivity index (χ2n) is 4.29. The maximum atomic E-state index is 13.5. The largest absolute Gasteiger partial charge is 0.497 e. The van der Waals surface area contributed by atoms with Crippen molar-refractivity contribution >= 4 is 11.9 Å². The number of ketones is 1. The first-order valence-corrected chi connectivity index (χ1v) is 6.34. The summed E-state index contributed by atoms with van der Waals surface area (Å²) in [5, 5.41) is 0. The van der Waals surface area contributed by atoms with Crippen molar-refractivity contribution < 1.29 is 18.7 Å². The van der Waals surface area contributed by atoms with E-state index in [-0.39, 0.29) is 11.6 Å². The Morgan fingerprint density at radius 2 is 1.86 bits per heavy atom. The third kappa shape index (κ3) is 3.48. The standard InChI is InChI=1S/C17H15FO3/c1-20-13-8-9-14(17(11-13)21-2)16(19)10-7-12-5-3-4-6-15(12)18/h3-11H,1-2H3. The third-order valence-electron chi connectivity index (χ3n) is 2.99. The zero-order chi connectivity index (χ0) is 15.2. The number of carbonyl (C=O) groups excluding carboxylic acids is 1. The van der Waals surface area contributed by atoms with E-state index in [0.29, 0.717) is 22.6 Å². The smallest absolute Gasteiger partial charge is 0.189 e. The average Bonchev–Trinajstić information content (AvgIpc) is 2.53. The van der Waals surface area contributed by atoms with Gasteiger partial charge in [0.1, 0.15) is 17.3 Å². The molecule has 0 amide bonds. The lowest BCUT2D eigenvalue weighted by Gasteiger charge is -2.07. The van der Waals surface area contributed by atoms with E-state index in [1.807, 2.05) is 0 Å². The molecule has 0 unspecified atom stereocenters. The molecule has 2 aromatic rings. The molecule has 0 aromatic heterocycles. The Balaban J connectivity index is 2.26. The van der Waals surface area contributed by atoms with Crippen LogP contribution in [0.2, 0.25) is 0 Å². The minimum absolute atomic E-state index is 0.266. The van der Waals surface area contributed by atoms with Gasteiger partial charge in [0.2, 0.25) is 0 Å². The van der Waals surface area contributed by atoms with Gasteiger partial charge < -0.3 is 9.47 Å². The van der Waals surface area contributed by atoms with Gasteiger partial charge in [-0.2, -0.15) is 0 Å². The molecule has 0 fully saturated rings. The number of methoxy groups -OCH3 is 2. The minimum atomic E-state index is -0.372. The number of allylic oxidation sites excluding steroid dienone is 1. The van der Waals surface area contributed by atoms with Gasteiger partial charge in [-0.1, -0.05) is 18.2 Å². The molecule has 0 N–H and O–H groups in total. The first-order chi connectivity index (χ1) is 10.2. The van der Waals surface area contributed by atoms with Crippen LogP contribution < -0.4 is 9.47 Å². The first-order valence-electron chi connectivity index (χ1n) is 6.34. The number of hydrogen-bond acceptors (Lipinski definition) is 3. The molecule has 0 aliphatic carbocycles. The Hall–Kier alpha value is -2.62. The first kappa shape index (κ1) is 14.8. The highest BCUT2D eigenvalue weighted by molar-refractivity contribution is 6.08. The van der Waals surface area contributed by atoms with Gasteiger partial charge in [-0.15, -0.1) is 0 Å². The second-order valence-corrected chi connectivity index (χ2v) is 4.29. The molecule has 2 aromatic carbocycles. The molecule has 2 rings (SSSR count). The number of carbonyl (C=O) groups is 1. The third-order valence-corrected chi connectivity index (χ3v) is 2.99. The zero-order valence-corrected chi connectivity index (χ0v) is 11.8. The number of halogens is 1. The topological polar surface area (TPSA) is 35.5 Å². The summed E-state index contributed by atoms with van der Waals surface area (Å²) < 4.78 is 23.7. The molecule has 4 heteroatoms. The highest BCUT2D eigenvalue weighted by atomic mass is 19.1. The Morgan fingerprint density at radius 1 is 1.10 bits per heavy atom. The molecule has 3 nitrogen and oxygen atoms in total. The van der Waals surface area contributed by atoms with E-state index in [1.165, 1.54) is 32.4 Å². The van der Waals surface area contributed by atoms with Crippen LogP contribution >= 0.6 is 0 Å². The molecule has 108 valence electrons. The van der Waals surface area contributed by atoms with Gasteiger partial charge in [0.15, 0.2) is 5.78 Å². The molecule has 0 atom stereocenters. The highest BCUT2D eigenvalue weighted by Gasteiger charge is 2.11. The Morgan fingerprint density at radius 3 is 2.52 bits per heavy atom. The fourth-order valence-electron chi connectivity index (χ4n) is 1.87. The van der Waals surface area contributed by atoms with Crippen LogP contribution in [0, 0.1) is 5.82 Å². The van der Waals surface area contributed by atoms with Crippen LogP contribution in [0.1, 0.15) is 15.9 Å². The Bertz CT molecular complexity index is 677. The minimum Gasteiger partial charge on any atom is -0.497 e. The predicted molar refractivity (Wildman–Crippen MR) is 79.3 cm³/mol. The summed E-state index contributed by atoms with van der Waals surface area (Å²) in [6.45, 7) is 0. The maximum absolute atomic E-state index is 13.5. The summed E-state index contributed by atoms with van der Waals surface area (Å²) in [4.78, 5) is 12.2. The molecule has 0 aliphatic heterocycles. The van der Waals surface area contributed by atoms with Gasteiger partial charge in [-0.25, -0.2) is 4.39 Å². The van der Waals surface area contributed by atoms with E-state index in [1.54, 1.807) is 36.4 Å². The SMILES string of the molecule is COc1ccc(C(=O)C=Cc2ccccc2F)c(OC)c1. The number of rotatable bonds is 5. The molecule has 0 spiro atoms. The lowest BCUT2D eigenvalue weighted by Crippen LogP contribution is -1.99. The second kappa shape index (κ2) is 6.70. The zero-order valence-electron chi connectivity index (χ0n) is 11.8. The van der Waals surface area contributed by atoms with Crippen LogP contribution in [-0.2, 0) is 0 Å². The van der Waals surface area contributed by atoms with E-state index in [0.717, 1.165) is 0 Å². The van der Waals surface area contributed by atoms with E-state index < -0.39 is 0 Å². The Labute approximate surface area is 122 Å². The van der Waals surface area contributed by atoms with Crippen molar-refractivity contribution in [2.45, 2.75) is 0 Å². The highest BCUT2D eigenvalue weighted by Crippen LogP contribution is 2.25. The van der Waals surface area contributed by atoms with Crippen LogP contribution in [-0.4, -0.2) is 20.0 Å². The lowest BCUT2D eigenvalue weighted by molar-refractivity contribution is 0.104. The summed E-state index contributed by atoms with van der Waals surface area (Å²) in [7, 11) is 3.01. The Kier molecular flexibility index (Phi) is 4.72. The van der Waals surface area contributed by atoms with Crippen molar-refractivity contribution in [3.63, 3.8) is 0 Å². The van der Waals surface area contributed by atoms with Gasteiger partial charge >= 0.3 is 0 Å². The molecule has 0 aliphatic rings. The van der Waals surface area contributed by atoms with Crippen LogP contribution in [0.15, 0.2) is 48.5 Å². The van der Waals surface area contributed by atoms with Gasteiger partial charge in [-0.05, 0) is 30.4 Å². The van der Waals surface area contributed by atoms with Gasteiger partial charge in [-0.3, -0.25) is 4.79 Å². The van der Waals surface area contributed by atoms with Crippen molar-refractivity contribution in [2.24, 2.45) is 0 Å². The van der Waals surface area contributed by atoms with Crippen molar-refractivity contribution in [3.05, 3.63) is 65.5 Å². The number of benzene rings is 2. The molecular weight excluding hydrogens is 271 g/mol. The predicted octanol–water partition coefficient (Wildman–Crippen LogP) is 3.74. The van der Waals surface area contributed by atoms with E-state index in [9.17, 15) is 9.18 Å². The van der Waals surface area contributed by atoms with Crippen LogP contribution in [0.3, 0.4) is 0 Å². The van der Waals surface area contributed by atoms with E-state index in [2.05, 4.69) is 0 Å². The molecular formula is C17H15FO3. The quantitative estimate of drug-likeness (QED) is 0.620. The average molecular weight is 286 g/mol. The summed E-state index contributed by atoms with van der Waals surface area (Å²) in [6, 6.07) is 11.2. The van der Waals surface area contributed by atoms with Crippen LogP contribution in [0.25, 0.3) is 6.08 Å². The van der Waals surface area contributed by atoms with Crippen molar-refractivity contribution in [1.29, 1.82) is 0 Å². The van der Waals surface area contributed by atoms with Crippen LogP contribution in [0.5, 0.6) is 11.5 Å². The van der Waals surface area contributed by atoms with E-state index in [4.69, 9.17) is 9.47 Å². The van der Waals surface area contributed by atoms with Gasteiger partial charge in [0.25, 0.3) is 0 Å². The summed E-state index contributed by atoms with van der Waals surface area (Å²) in [6.07, 6.45) is 2.77. The van der Waals surface area contributed by atoms with Crippen molar-refractivity contribution in [1.82, 2.24) is 0 Å². The molecule has 0 saturated carbocycles. The van der Waals surface area contributed by atoms with Gasteiger partial charge in [0, 0.05) is 11.6 Å². The summed E-state index contributed by atoms with van der Waals surface area (Å²) in [5.41, 5.74) is 0.754. The number of ether oxygens (including phenoxy) is 2. The van der Waals surface area contributed by atoms with Gasteiger partial charge in [0.05, 0.1) is 19.8 Å². The fourth-order valence-corrected chi connectivity index (χ4v) is 1.87. The molecule has 0 bridgehead atoms. The monoisotopic (exact) mass is 286 g/mol. The van der Waals surface area contributed by atoms with E-state index >= 15 is 0 Å². The molecule has 0 radical (unpaired) electrons. The fraction of sp³-hybridized carbons (Fsp3) is 0.118. The van der Waals surface area contributed by atoms with Crippen molar-refractivity contribution in [2.75, 3.05) is 14.2 Å². The molecule has 21 heavy (non-hydrogen) atoms. The molecule has 0 heterocycles.